The lowest BCUT2D eigenvalue weighted by atomic mass is 9.57. The molecule has 1 saturated carbocycles. The summed E-state index contributed by atoms with van der Waals surface area (Å²) in [5, 5.41) is 47.6. The zero-order valence-corrected chi connectivity index (χ0v) is 26.5. The van der Waals surface area contributed by atoms with E-state index >= 15 is 17.6 Å². The third kappa shape index (κ3) is 4.45. The minimum atomic E-state index is -4.65. The second-order valence-corrected chi connectivity index (χ2v) is 16.8. The van der Waals surface area contributed by atoms with Gasteiger partial charge in [-0.3, -0.25) is 4.79 Å². The number of aliphatic hydroxyl groups excluding tert-OH is 1. The lowest BCUT2D eigenvalue weighted by molar-refractivity contribution is -0.535. The van der Waals surface area contributed by atoms with Gasteiger partial charge in [-0.25, -0.2) is 26.3 Å². The summed E-state index contributed by atoms with van der Waals surface area (Å²) in [5.41, 5.74) is -7.12. The number of fused-ring (bicyclic) bond motifs is 1. The Morgan fingerprint density at radius 3 is 1.35 bits per heavy atom. The van der Waals surface area contributed by atoms with Crippen LogP contribution in [0.25, 0.3) is 0 Å². The minimum Gasteiger partial charge on any atom is -0.446 e. The highest BCUT2D eigenvalue weighted by Gasteiger charge is 2.92. The monoisotopic (exact) mass is 726 g/mol. The van der Waals surface area contributed by atoms with Crippen molar-refractivity contribution < 1.29 is 88.1 Å². The fourth-order valence-corrected chi connectivity index (χ4v) is 11.2. The molecule has 2 fully saturated rings. The summed E-state index contributed by atoms with van der Waals surface area (Å²) in [4.78, 5) is 12.7. The van der Waals surface area contributed by atoms with Gasteiger partial charge in [-0.2, -0.15) is 17.6 Å². The molecule has 9 nitrogen and oxygen atoms in total. The number of esters is 1. The summed E-state index contributed by atoms with van der Waals surface area (Å²) in [5.74, 6) is -45.4. The van der Waals surface area contributed by atoms with Crippen molar-refractivity contribution in [1.29, 1.82) is 0 Å². The first kappa shape index (κ1) is 37.6. The van der Waals surface area contributed by atoms with Crippen molar-refractivity contribution >= 4 is 14.0 Å². The van der Waals surface area contributed by atoms with E-state index in [1.165, 1.54) is 20.8 Å². The number of aliphatic hydroxyl groups is 4. The van der Waals surface area contributed by atoms with Crippen LogP contribution in [-0.4, -0.2) is 69.3 Å². The summed E-state index contributed by atoms with van der Waals surface area (Å²) in [6.07, 6.45) is -4.39. The largest absolute Gasteiger partial charge is 0.446 e. The highest BCUT2D eigenvalue weighted by Crippen LogP contribution is 2.64. The number of hydrogen-bond acceptors (Lipinski definition) is 9. The number of ether oxygens (including phenoxy) is 4. The third-order valence-corrected chi connectivity index (χ3v) is 15.6. The van der Waals surface area contributed by atoms with Gasteiger partial charge in [-0.1, -0.05) is 45.8 Å². The molecule has 268 valence electrons. The molecule has 1 saturated heterocycles. The van der Waals surface area contributed by atoms with E-state index in [0.717, 1.165) is 6.92 Å². The Morgan fingerprint density at radius 1 is 0.688 bits per heavy atom. The zero-order valence-electron chi connectivity index (χ0n) is 25.5. The van der Waals surface area contributed by atoms with E-state index in [0.29, 0.717) is 6.92 Å². The number of hydrogen-bond donors (Lipinski definition) is 4. The van der Waals surface area contributed by atoms with Gasteiger partial charge < -0.3 is 39.4 Å². The van der Waals surface area contributed by atoms with Crippen molar-refractivity contribution in [2.75, 3.05) is 0 Å². The van der Waals surface area contributed by atoms with Crippen LogP contribution in [0.15, 0.2) is 0 Å². The van der Waals surface area contributed by atoms with Gasteiger partial charge in [0.25, 0.3) is 5.41 Å². The Hall–Kier alpha value is -3.17. The predicted octanol–water partition coefficient (Wildman–Crippen LogP) is 4.36. The van der Waals surface area contributed by atoms with Gasteiger partial charge in [0, 0.05) is 12.8 Å². The molecule has 1 heterocycles. The Morgan fingerprint density at radius 2 is 1.02 bits per heavy atom. The van der Waals surface area contributed by atoms with Crippen LogP contribution in [0.1, 0.15) is 34.6 Å². The number of carbonyl (C=O) groups excluding carboxylic acids is 1. The molecule has 0 bridgehead atoms. The maximum Gasteiger partial charge on any atom is 0.340 e. The number of halogens is 10. The van der Waals surface area contributed by atoms with Crippen molar-refractivity contribution in [2.24, 2.45) is 5.92 Å². The van der Waals surface area contributed by atoms with Crippen molar-refractivity contribution in [3.63, 3.8) is 0 Å². The second-order valence-electron chi connectivity index (χ2n) is 11.5. The van der Waals surface area contributed by atoms with Crippen LogP contribution >= 0.6 is 0 Å². The molecule has 0 aromatic heterocycles. The van der Waals surface area contributed by atoms with Crippen LogP contribution in [0.5, 0.6) is 11.5 Å². The molecule has 1 aliphatic carbocycles. The highest BCUT2D eigenvalue weighted by molar-refractivity contribution is 6.82. The van der Waals surface area contributed by atoms with Crippen molar-refractivity contribution in [3.05, 3.63) is 58.2 Å². The fourth-order valence-electron chi connectivity index (χ4n) is 6.61. The van der Waals surface area contributed by atoms with E-state index in [-0.39, 0.29) is 18.1 Å². The van der Waals surface area contributed by atoms with Gasteiger partial charge >= 0.3 is 17.5 Å². The van der Waals surface area contributed by atoms with Crippen molar-refractivity contribution in [1.82, 2.24) is 0 Å². The molecular weight excluding hydrogens is 698 g/mol. The zero-order chi connectivity index (χ0) is 36.7. The van der Waals surface area contributed by atoms with E-state index in [9.17, 15) is 51.6 Å². The fraction of sp³-hybridized carbons (Fsp3) is 0.536. The van der Waals surface area contributed by atoms with E-state index in [1.807, 2.05) is 0 Å². The van der Waals surface area contributed by atoms with Gasteiger partial charge in [-0.05, 0) is 0 Å². The van der Waals surface area contributed by atoms with Gasteiger partial charge in [0.2, 0.25) is 69.7 Å². The van der Waals surface area contributed by atoms with Crippen LogP contribution in [-0.2, 0) is 14.3 Å². The van der Waals surface area contributed by atoms with Crippen molar-refractivity contribution in [2.45, 2.75) is 87.5 Å². The maximum absolute atomic E-state index is 15.2. The van der Waals surface area contributed by atoms with E-state index < -0.39 is 124 Å². The van der Waals surface area contributed by atoms with Crippen molar-refractivity contribution in [3.8, 4) is 11.5 Å². The summed E-state index contributed by atoms with van der Waals surface area (Å²) in [6.45, 7) is 5.56. The molecule has 0 radical (unpaired) electrons. The Bertz CT molecular complexity index is 1600. The number of benzene rings is 2. The molecule has 48 heavy (non-hydrogen) atoms. The summed E-state index contributed by atoms with van der Waals surface area (Å²) < 4.78 is 167. The van der Waals surface area contributed by atoms with E-state index in [4.69, 9.17) is 18.9 Å². The number of carbonyl (C=O) groups is 1. The Kier molecular flexibility index (Phi) is 9.41. The molecule has 2 aromatic rings. The predicted molar refractivity (Wildman–Crippen MR) is 140 cm³/mol. The highest BCUT2D eigenvalue weighted by atomic mass is 28.3. The molecular formula is C28H28F10O9Si. The summed E-state index contributed by atoms with van der Waals surface area (Å²) in [6, 6.07) is -0.817. The third-order valence-electron chi connectivity index (χ3n) is 9.55. The Balaban J connectivity index is 2.26. The first-order valence-electron chi connectivity index (χ1n) is 14.2. The average molecular weight is 727 g/mol. The van der Waals surface area contributed by atoms with Crippen LogP contribution < -0.4 is 9.47 Å². The number of rotatable bonds is 9. The molecule has 2 unspecified atom stereocenters. The maximum atomic E-state index is 15.2. The normalized spacial score (nSPS) is 31.6. The lowest BCUT2D eigenvalue weighted by Gasteiger charge is -2.71. The van der Waals surface area contributed by atoms with Gasteiger partial charge in [0.05, 0.1) is 6.10 Å². The molecule has 4 rings (SSSR count). The molecule has 20 heteroatoms. The van der Waals surface area contributed by atoms with Crippen LogP contribution in [0.2, 0.25) is 18.1 Å². The van der Waals surface area contributed by atoms with Crippen LogP contribution in [0.4, 0.5) is 43.9 Å². The Labute approximate surface area is 265 Å². The smallest absolute Gasteiger partial charge is 0.340 e. The minimum absolute atomic E-state index is 0.272. The summed E-state index contributed by atoms with van der Waals surface area (Å²) >= 11 is 0. The lowest BCUT2D eigenvalue weighted by Crippen LogP contribution is -2.97. The van der Waals surface area contributed by atoms with Gasteiger partial charge in [0.15, 0.2) is 13.7 Å². The van der Waals surface area contributed by atoms with E-state index in [2.05, 4.69) is 0 Å². The quantitative estimate of drug-likeness (QED) is 0.0743. The summed E-state index contributed by atoms with van der Waals surface area (Å²) in [7, 11) is -4.18. The van der Waals surface area contributed by atoms with Crippen LogP contribution in [0.3, 0.4) is 0 Å². The van der Waals surface area contributed by atoms with Gasteiger partial charge in [0.1, 0.15) is 6.10 Å². The standard InChI is InChI=1S/C28H28F10O9Si/c1-6-48(7-2,8-3)28(44-10(5)39)27(43,46-23-19(37)15(33)12(30)16(34)20(23)38)26(42,25(41)9(4)21(40)24(25)47-28)45-22-17(35)13(31)11(29)14(32)18(22)36/h9,21,24,40-43H,6-8H2,1-5H3/t9?,21?,24-,25-,26-,27+,28+/m1/s1. The van der Waals surface area contributed by atoms with Crippen LogP contribution in [0, 0.1) is 64.1 Å². The molecule has 4 N–H and O–H groups in total. The molecule has 2 aliphatic rings. The first-order valence-corrected chi connectivity index (χ1v) is 16.8. The SMILES string of the molecule is CC[Si](CC)(CC)[C@@]1(OC(C)=O)O[C@@H]2C(O)C(C)[C@]2(O)[C@@](O)(Oc2c(F)c(F)c(F)c(F)c2F)[C@]1(O)Oc1c(F)c(F)c(F)c(F)c1F. The molecule has 1 aliphatic heterocycles. The molecule has 2 aromatic carbocycles. The average Bonchev–Trinajstić information content (AvgIpc) is 3.06. The second kappa shape index (κ2) is 12.0. The van der Waals surface area contributed by atoms with Gasteiger partial charge in [-0.15, -0.1) is 0 Å². The molecule has 0 spiro atoms. The molecule has 7 atom stereocenters. The molecule has 0 amide bonds. The first-order chi connectivity index (χ1) is 22.1. The topological polar surface area (TPSA) is 135 Å². The van der Waals surface area contributed by atoms with E-state index in [1.54, 1.807) is 0 Å².